The van der Waals surface area contributed by atoms with Gasteiger partial charge in [-0.15, -0.1) is 0 Å². The lowest BCUT2D eigenvalue weighted by Crippen LogP contribution is -2.39. The van der Waals surface area contributed by atoms with E-state index in [1.807, 2.05) is 11.4 Å². The van der Waals surface area contributed by atoms with E-state index in [-0.39, 0.29) is 23.1 Å². The van der Waals surface area contributed by atoms with E-state index in [1.54, 1.807) is 18.3 Å². The fourth-order valence-electron chi connectivity index (χ4n) is 3.23. The first-order valence-electron chi connectivity index (χ1n) is 9.34. The Morgan fingerprint density at radius 2 is 1.83 bits per heavy atom. The fourth-order valence-corrected chi connectivity index (χ4v) is 3.34. The largest absolute Gasteiger partial charge is 0.405 e. The van der Waals surface area contributed by atoms with Gasteiger partial charge in [0.25, 0.3) is 5.91 Å². The summed E-state index contributed by atoms with van der Waals surface area (Å²) < 4.78 is 37.1. The molecule has 2 amide bonds. The predicted molar refractivity (Wildman–Crippen MR) is 108 cm³/mol. The zero-order valence-corrected chi connectivity index (χ0v) is 16.6. The molecule has 0 radical (unpaired) electrons. The summed E-state index contributed by atoms with van der Waals surface area (Å²) in [4.78, 5) is 31.1. The maximum absolute atomic E-state index is 12.7. The van der Waals surface area contributed by atoms with Gasteiger partial charge in [0.05, 0.1) is 16.3 Å². The van der Waals surface area contributed by atoms with Crippen molar-refractivity contribution in [3.8, 4) is 0 Å². The van der Waals surface area contributed by atoms with Crippen LogP contribution in [0.1, 0.15) is 23.2 Å². The van der Waals surface area contributed by atoms with Gasteiger partial charge in [0.2, 0.25) is 5.91 Å². The number of aromatic nitrogens is 1. The second-order valence-corrected chi connectivity index (χ2v) is 7.37. The average molecular weight is 441 g/mol. The summed E-state index contributed by atoms with van der Waals surface area (Å²) in [6.07, 6.45) is -1.78. The summed E-state index contributed by atoms with van der Waals surface area (Å²) >= 11 is 5.85. The fraction of sp³-hybridized carbons (Fsp3) is 0.350. The molecule has 0 atom stereocenters. The third kappa shape index (κ3) is 5.85. The molecular formula is C20H20ClF3N4O2. The number of hydrogen-bond donors (Lipinski definition) is 2. The Balaban J connectivity index is 1.59. The molecule has 3 rings (SSSR count). The molecule has 0 aliphatic carbocycles. The van der Waals surface area contributed by atoms with Crippen LogP contribution < -0.4 is 15.5 Å². The maximum atomic E-state index is 12.7. The Bertz CT molecular complexity index is 898. The lowest BCUT2D eigenvalue weighted by atomic mass is 9.95. The monoisotopic (exact) mass is 440 g/mol. The normalized spacial score (nSPS) is 15.0. The Labute approximate surface area is 176 Å². The number of hydrogen-bond acceptors (Lipinski definition) is 4. The number of para-hydroxylation sites is 1. The first-order valence-corrected chi connectivity index (χ1v) is 9.72. The van der Waals surface area contributed by atoms with E-state index in [2.05, 4.69) is 15.2 Å². The Morgan fingerprint density at radius 3 is 2.47 bits per heavy atom. The second kappa shape index (κ2) is 9.34. The SMILES string of the molecule is O=C(NCC(F)(F)F)c1ccccc1NC(=O)C1CCN(c2ccc(Cl)cn2)CC1. The van der Waals surface area contributed by atoms with Crippen LogP contribution in [0.5, 0.6) is 0 Å². The highest BCUT2D eigenvalue weighted by Crippen LogP contribution is 2.25. The molecule has 10 heteroatoms. The van der Waals surface area contributed by atoms with Crippen molar-refractivity contribution >= 4 is 34.9 Å². The first-order chi connectivity index (χ1) is 14.2. The van der Waals surface area contributed by atoms with Gasteiger partial charge in [-0.05, 0) is 37.1 Å². The molecule has 0 saturated carbocycles. The van der Waals surface area contributed by atoms with Crippen molar-refractivity contribution in [1.82, 2.24) is 10.3 Å². The van der Waals surface area contributed by atoms with Crippen LogP contribution in [-0.4, -0.2) is 42.6 Å². The third-order valence-electron chi connectivity index (χ3n) is 4.78. The average Bonchev–Trinajstić information content (AvgIpc) is 2.72. The highest BCUT2D eigenvalue weighted by atomic mass is 35.5. The van der Waals surface area contributed by atoms with Gasteiger partial charge in [0.1, 0.15) is 12.4 Å². The maximum Gasteiger partial charge on any atom is 0.405 e. The van der Waals surface area contributed by atoms with E-state index in [0.717, 1.165) is 5.82 Å². The lowest BCUT2D eigenvalue weighted by Gasteiger charge is -2.32. The van der Waals surface area contributed by atoms with E-state index >= 15 is 0 Å². The van der Waals surface area contributed by atoms with Crippen molar-refractivity contribution < 1.29 is 22.8 Å². The molecular weight excluding hydrogens is 421 g/mol. The number of anilines is 2. The van der Waals surface area contributed by atoms with Crippen LogP contribution in [0, 0.1) is 5.92 Å². The standard InChI is InChI=1S/C20H20ClF3N4O2/c21-14-5-6-17(25-11-14)28-9-7-13(8-10-28)18(29)27-16-4-2-1-3-15(16)19(30)26-12-20(22,23)24/h1-6,11,13H,7-10,12H2,(H,26,30)(H,27,29). The number of halogens is 4. The number of carbonyl (C=O) groups excluding carboxylic acids is 2. The van der Waals surface area contributed by atoms with Crippen molar-refractivity contribution in [3.63, 3.8) is 0 Å². The van der Waals surface area contributed by atoms with Crippen molar-refractivity contribution in [2.24, 2.45) is 5.92 Å². The van der Waals surface area contributed by atoms with Crippen LogP contribution in [0.3, 0.4) is 0 Å². The number of alkyl halides is 3. The molecule has 1 aliphatic rings. The quantitative estimate of drug-likeness (QED) is 0.740. The molecule has 0 unspecified atom stereocenters. The number of piperidine rings is 1. The number of carbonyl (C=O) groups is 2. The van der Waals surface area contributed by atoms with Gasteiger partial charge >= 0.3 is 6.18 Å². The molecule has 0 bridgehead atoms. The number of pyridine rings is 1. The molecule has 2 aromatic rings. The highest BCUT2D eigenvalue weighted by Gasteiger charge is 2.29. The summed E-state index contributed by atoms with van der Waals surface area (Å²) in [5.74, 6) is -0.661. The number of nitrogens with zero attached hydrogens (tertiary/aromatic N) is 2. The molecule has 1 aromatic heterocycles. The van der Waals surface area contributed by atoms with Gasteiger partial charge in [-0.2, -0.15) is 13.2 Å². The van der Waals surface area contributed by atoms with Crippen LogP contribution in [0.15, 0.2) is 42.6 Å². The molecule has 1 aromatic carbocycles. The molecule has 2 N–H and O–H groups in total. The van der Waals surface area contributed by atoms with Crippen molar-refractivity contribution in [1.29, 1.82) is 0 Å². The van der Waals surface area contributed by atoms with Crippen LogP contribution in [0.25, 0.3) is 0 Å². The first kappa shape index (κ1) is 21.9. The predicted octanol–water partition coefficient (Wildman–Crippen LogP) is 3.88. The summed E-state index contributed by atoms with van der Waals surface area (Å²) in [7, 11) is 0. The lowest BCUT2D eigenvalue weighted by molar-refractivity contribution is -0.123. The number of rotatable bonds is 5. The Kier molecular flexibility index (Phi) is 6.81. The molecule has 6 nitrogen and oxygen atoms in total. The number of nitrogens with one attached hydrogen (secondary N) is 2. The van der Waals surface area contributed by atoms with E-state index in [1.165, 1.54) is 18.2 Å². The summed E-state index contributed by atoms with van der Waals surface area (Å²) in [6.45, 7) is -0.188. The van der Waals surface area contributed by atoms with Gasteiger partial charge in [0.15, 0.2) is 0 Å². The molecule has 1 saturated heterocycles. The Morgan fingerprint density at radius 1 is 1.13 bits per heavy atom. The second-order valence-electron chi connectivity index (χ2n) is 6.93. The molecule has 160 valence electrons. The number of benzene rings is 1. The topological polar surface area (TPSA) is 74.3 Å². The smallest absolute Gasteiger partial charge is 0.357 e. The minimum absolute atomic E-state index is 0.0158. The Hall–Kier alpha value is -2.81. The van der Waals surface area contributed by atoms with E-state index < -0.39 is 18.6 Å². The third-order valence-corrected chi connectivity index (χ3v) is 5.00. The summed E-state index contributed by atoms with van der Waals surface area (Å²) in [5, 5.41) is 5.06. The zero-order valence-electron chi connectivity index (χ0n) is 15.9. The van der Waals surface area contributed by atoms with E-state index in [4.69, 9.17) is 11.6 Å². The summed E-state index contributed by atoms with van der Waals surface area (Å²) in [5.41, 5.74) is 0.168. The van der Waals surface area contributed by atoms with Crippen LogP contribution >= 0.6 is 11.6 Å². The van der Waals surface area contributed by atoms with E-state index in [0.29, 0.717) is 31.0 Å². The molecule has 1 fully saturated rings. The minimum Gasteiger partial charge on any atom is -0.357 e. The van der Waals surface area contributed by atoms with Crippen LogP contribution in [0.4, 0.5) is 24.7 Å². The molecule has 0 spiro atoms. The van der Waals surface area contributed by atoms with Crippen molar-refractivity contribution in [2.75, 3.05) is 29.9 Å². The van der Waals surface area contributed by atoms with Gasteiger partial charge in [-0.25, -0.2) is 4.98 Å². The van der Waals surface area contributed by atoms with E-state index in [9.17, 15) is 22.8 Å². The van der Waals surface area contributed by atoms with Gasteiger partial charge in [-0.1, -0.05) is 23.7 Å². The minimum atomic E-state index is -4.51. The molecule has 2 heterocycles. The van der Waals surface area contributed by atoms with Gasteiger partial charge in [0, 0.05) is 25.2 Å². The van der Waals surface area contributed by atoms with Crippen molar-refractivity contribution in [3.05, 3.63) is 53.2 Å². The number of amides is 2. The van der Waals surface area contributed by atoms with Crippen molar-refractivity contribution in [2.45, 2.75) is 19.0 Å². The highest BCUT2D eigenvalue weighted by molar-refractivity contribution is 6.30. The molecule has 1 aliphatic heterocycles. The molecule has 30 heavy (non-hydrogen) atoms. The van der Waals surface area contributed by atoms with Gasteiger partial charge < -0.3 is 15.5 Å². The zero-order chi connectivity index (χ0) is 21.7. The van der Waals surface area contributed by atoms with Crippen LogP contribution in [-0.2, 0) is 4.79 Å². The van der Waals surface area contributed by atoms with Crippen LogP contribution in [0.2, 0.25) is 5.02 Å². The summed E-state index contributed by atoms with van der Waals surface area (Å²) in [6, 6.07) is 9.56. The van der Waals surface area contributed by atoms with Gasteiger partial charge in [-0.3, -0.25) is 9.59 Å².